The maximum atomic E-state index is 9.99. The van der Waals surface area contributed by atoms with E-state index >= 15 is 0 Å². The van der Waals surface area contributed by atoms with E-state index in [0.29, 0.717) is 22.0 Å². The molecule has 0 aromatic heterocycles. The lowest BCUT2D eigenvalue weighted by Gasteiger charge is -2.06. The monoisotopic (exact) mass is 339 g/mol. The van der Waals surface area contributed by atoms with Gasteiger partial charge in [0.15, 0.2) is 11.5 Å². The number of ether oxygens (including phenoxy) is 1. The van der Waals surface area contributed by atoms with Crippen LogP contribution in [0.1, 0.15) is 5.56 Å². The van der Waals surface area contributed by atoms with Gasteiger partial charge in [-0.3, -0.25) is 4.99 Å². The third-order valence-electron chi connectivity index (χ3n) is 2.48. The Morgan fingerprint density at radius 1 is 1.32 bits per heavy atom. The summed E-state index contributed by atoms with van der Waals surface area (Å²) in [5.41, 5.74) is 1.19. The SMILES string of the molecule is COc1cc(Br)cc(C=Nc2ccccc2Cl)c1O. The minimum absolute atomic E-state index is 0.0431. The molecular weight excluding hydrogens is 330 g/mol. The second kappa shape index (κ2) is 6.08. The van der Waals surface area contributed by atoms with E-state index in [9.17, 15) is 5.11 Å². The van der Waals surface area contributed by atoms with E-state index in [1.807, 2.05) is 12.1 Å². The summed E-state index contributed by atoms with van der Waals surface area (Å²) in [4.78, 5) is 4.26. The van der Waals surface area contributed by atoms with Gasteiger partial charge >= 0.3 is 0 Å². The topological polar surface area (TPSA) is 41.8 Å². The third-order valence-corrected chi connectivity index (χ3v) is 3.26. The number of halogens is 2. The molecule has 5 heteroatoms. The van der Waals surface area contributed by atoms with Gasteiger partial charge < -0.3 is 9.84 Å². The average Bonchev–Trinajstić information content (AvgIpc) is 2.41. The molecule has 0 atom stereocenters. The van der Waals surface area contributed by atoms with Crippen LogP contribution in [0.15, 0.2) is 45.9 Å². The van der Waals surface area contributed by atoms with Crippen molar-refractivity contribution >= 4 is 39.4 Å². The second-order valence-electron chi connectivity index (χ2n) is 3.76. The Balaban J connectivity index is 2.39. The van der Waals surface area contributed by atoms with Crippen molar-refractivity contribution in [2.75, 3.05) is 7.11 Å². The molecule has 0 amide bonds. The summed E-state index contributed by atoms with van der Waals surface area (Å²) in [5, 5.41) is 10.5. The summed E-state index contributed by atoms with van der Waals surface area (Å²) < 4.78 is 5.87. The van der Waals surface area contributed by atoms with Crippen molar-refractivity contribution < 1.29 is 9.84 Å². The first kappa shape index (κ1) is 13.9. The zero-order valence-corrected chi connectivity index (χ0v) is 12.4. The molecule has 0 aliphatic carbocycles. The molecule has 2 rings (SSSR count). The molecule has 0 fully saturated rings. The molecule has 0 spiro atoms. The van der Waals surface area contributed by atoms with Gasteiger partial charge in [0.2, 0.25) is 0 Å². The van der Waals surface area contributed by atoms with Crippen LogP contribution in [0.4, 0.5) is 5.69 Å². The van der Waals surface area contributed by atoms with Crippen molar-refractivity contribution in [1.29, 1.82) is 0 Å². The lowest BCUT2D eigenvalue weighted by molar-refractivity contribution is 0.373. The maximum absolute atomic E-state index is 9.99. The first-order valence-electron chi connectivity index (χ1n) is 5.47. The van der Waals surface area contributed by atoms with Crippen molar-refractivity contribution in [3.05, 3.63) is 51.5 Å². The first-order valence-corrected chi connectivity index (χ1v) is 6.64. The number of hydrogen-bond acceptors (Lipinski definition) is 3. The number of benzene rings is 2. The first-order chi connectivity index (χ1) is 9.11. The number of aliphatic imine (C=N–C) groups is 1. The summed E-state index contributed by atoms with van der Waals surface area (Å²) >= 11 is 9.36. The Morgan fingerprint density at radius 3 is 2.74 bits per heavy atom. The van der Waals surface area contributed by atoms with Gasteiger partial charge in [0.25, 0.3) is 0 Å². The Morgan fingerprint density at radius 2 is 2.05 bits per heavy atom. The van der Waals surface area contributed by atoms with Crippen LogP contribution in [-0.2, 0) is 0 Å². The highest BCUT2D eigenvalue weighted by Crippen LogP contribution is 2.33. The van der Waals surface area contributed by atoms with Gasteiger partial charge in [0, 0.05) is 16.3 Å². The quantitative estimate of drug-likeness (QED) is 0.832. The number of phenols is 1. The molecule has 3 nitrogen and oxygen atoms in total. The average molecular weight is 341 g/mol. The molecule has 0 radical (unpaired) electrons. The van der Waals surface area contributed by atoms with Crippen molar-refractivity contribution in [1.82, 2.24) is 0 Å². The molecular formula is C14H11BrClNO2. The van der Waals surface area contributed by atoms with Gasteiger partial charge in [-0.2, -0.15) is 0 Å². The predicted octanol–water partition coefficient (Wildman–Crippen LogP) is 4.57. The standard InChI is InChI=1S/C14H11BrClNO2/c1-19-13-7-10(15)6-9(14(13)18)8-17-12-5-3-2-4-11(12)16/h2-8,18H,1H3. The molecule has 0 saturated heterocycles. The fourth-order valence-corrected chi connectivity index (χ4v) is 2.18. The van der Waals surface area contributed by atoms with Gasteiger partial charge in [-0.25, -0.2) is 0 Å². The van der Waals surface area contributed by atoms with Gasteiger partial charge in [-0.15, -0.1) is 0 Å². The van der Waals surface area contributed by atoms with Crippen molar-refractivity contribution in [3.8, 4) is 11.5 Å². The number of phenolic OH excluding ortho intramolecular Hbond substituents is 1. The smallest absolute Gasteiger partial charge is 0.166 e. The van der Waals surface area contributed by atoms with Crippen molar-refractivity contribution in [3.63, 3.8) is 0 Å². The molecule has 0 aliphatic heterocycles. The van der Waals surface area contributed by atoms with Crippen LogP contribution in [0.2, 0.25) is 5.02 Å². The molecule has 2 aromatic rings. The van der Waals surface area contributed by atoms with Crippen LogP contribution < -0.4 is 4.74 Å². The van der Waals surface area contributed by atoms with E-state index in [2.05, 4.69) is 20.9 Å². The van der Waals surface area contributed by atoms with Gasteiger partial charge in [0.1, 0.15) is 0 Å². The molecule has 0 unspecified atom stereocenters. The summed E-state index contributed by atoms with van der Waals surface area (Å²) in [6.45, 7) is 0. The molecule has 0 heterocycles. The van der Waals surface area contributed by atoms with E-state index in [1.165, 1.54) is 7.11 Å². The van der Waals surface area contributed by atoms with E-state index < -0.39 is 0 Å². The largest absolute Gasteiger partial charge is 0.504 e. The number of methoxy groups -OCH3 is 1. The molecule has 19 heavy (non-hydrogen) atoms. The van der Waals surface area contributed by atoms with Gasteiger partial charge in [-0.1, -0.05) is 39.7 Å². The van der Waals surface area contributed by atoms with Crippen molar-refractivity contribution in [2.45, 2.75) is 0 Å². The number of rotatable bonds is 3. The van der Waals surface area contributed by atoms with Crippen LogP contribution in [0.25, 0.3) is 0 Å². The van der Waals surface area contributed by atoms with Crippen LogP contribution >= 0.6 is 27.5 Å². The van der Waals surface area contributed by atoms with Gasteiger partial charge in [-0.05, 0) is 24.3 Å². The molecule has 0 saturated carbocycles. The Kier molecular flexibility index (Phi) is 4.45. The fourth-order valence-electron chi connectivity index (χ4n) is 1.54. The van der Waals surface area contributed by atoms with E-state index in [1.54, 1.807) is 30.5 Å². The maximum Gasteiger partial charge on any atom is 0.166 e. The molecule has 98 valence electrons. The molecule has 0 aliphatic rings. The summed E-state index contributed by atoms with van der Waals surface area (Å²) in [7, 11) is 1.50. The minimum Gasteiger partial charge on any atom is -0.504 e. The zero-order valence-electron chi connectivity index (χ0n) is 10.1. The predicted molar refractivity (Wildman–Crippen MR) is 81.1 cm³/mol. The summed E-state index contributed by atoms with van der Waals surface area (Å²) in [5.74, 6) is 0.427. The van der Waals surface area contributed by atoms with Crippen LogP contribution in [0.5, 0.6) is 11.5 Å². The lowest BCUT2D eigenvalue weighted by Crippen LogP contribution is -1.89. The molecule has 2 aromatic carbocycles. The third kappa shape index (κ3) is 3.28. The lowest BCUT2D eigenvalue weighted by atomic mass is 10.2. The molecule has 0 bridgehead atoms. The highest BCUT2D eigenvalue weighted by atomic mass is 79.9. The molecule has 1 N–H and O–H groups in total. The zero-order chi connectivity index (χ0) is 13.8. The Bertz CT molecular complexity index is 629. The Hall–Kier alpha value is -1.52. The number of nitrogens with zero attached hydrogens (tertiary/aromatic N) is 1. The van der Waals surface area contributed by atoms with E-state index in [-0.39, 0.29) is 5.75 Å². The van der Waals surface area contributed by atoms with E-state index in [0.717, 1.165) is 4.47 Å². The fraction of sp³-hybridized carbons (Fsp3) is 0.0714. The number of para-hydroxylation sites is 1. The second-order valence-corrected chi connectivity index (χ2v) is 5.08. The van der Waals surface area contributed by atoms with E-state index in [4.69, 9.17) is 16.3 Å². The Labute approximate surface area is 124 Å². The highest BCUT2D eigenvalue weighted by Gasteiger charge is 2.08. The highest BCUT2D eigenvalue weighted by molar-refractivity contribution is 9.10. The summed E-state index contributed by atoms with van der Waals surface area (Å²) in [6, 6.07) is 10.7. The van der Waals surface area contributed by atoms with Crippen LogP contribution in [0.3, 0.4) is 0 Å². The minimum atomic E-state index is 0.0431. The summed E-state index contributed by atoms with van der Waals surface area (Å²) in [6.07, 6.45) is 1.55. The number of aromatic hydroxyl groups is 1. The van der Waals surface area contributed by atoms with Crippen LogP contribution in [-0.4, -0.2) is 18.4 Å². The van der Waals surface area contributed by atoms with Crippen molar-refractivity contribution in [2.24, 2.45) is 4.99 Å². The number of hydrogen-bond donors (Lipinski definition) is 1. The normalized spacial score (nSPS) is 10.9. The van der Waals surface area contributed by atoms with Crippen LogP contribution in [0, 0.1) is 0 Å². The van der Waals surface area contributed by atoms with Gasteiger partial charge in [0.05, 0.1) is 17.8 Å².